The van der Waals surface area contributed by atoms with Crippen molar-refractivity contribution in [3.8, 4) is 0 Å². The molecule has 2 aromatic rings. The van der Waals surface area contributed by atoms with Crippen LogP contribution in [0.1, 0.15) is 114 Å². The van der Waals surface area contributed by atoms with Gasteiger partial charge in [0, 0.05) is 33.6 Å². The molecule has 1 aliphatic heterocycles. The van der Waals surface area contributed by atoms with Gasteiger partial charge in [0.2, 0.25) is 12.3 Å². The first-order valence-corrected chi connectivity index (χ1v) is 17.4. The molecule has 2 bridgehead atoms. The maximum Gasteiger partial charge on any atom is 0.238 e. The second kappa shape index (κ2) is 12.2. The Morgan fingerprint density at radius 1 is 1.00 bits per heavy atom. The predicted octanol–water partition coefficient (Wildman–Crippen LogP) is 8.84. The number of halogens is 3. The summed E-state index contributed by atoms with van der Waals surface area (Å²) in [6.45, 7) is 7.45. The number of hydrogen-bond acceptors (Lipinski definition) is 3. The molecular formula is C36H46Cl2FN3O2. The topological polar surface area (TPSA) is 61.4 Å². The van der Waals surface area contributed by atoms with Gasteiger partial charge < -0.3 is 10.6 Å². The zero-order chi connectivity index (χ0) is 31.3. The molecule has 1 heterocycles. The highest BCUT2D eigenvalue weighted by molar-refractivity contribution is 6.31. The number of nitrogens with zero attached hydrogens (tertiary/aromatic N) is 1. The van der Waals surface area contributed by atoms with Crippen LogP contribution in [0.2, 0.25) is 10.0 Å². The third kappa shape index (κ3) is 5.17. The normalized spacial score (nSPS) is 31.4. The van der Waals surface area contributed by atoms with Crippen LogP contribution in [0.15, 0.2) is 36.4 Å². The van der Waals surface area contributed by atoms with E-state index in [1.54, 1.807) is 24.3 Å². The van der Waals surface area contributed by atoms with Gasteiger partial charge in [-0.25, -0.2) is 4.39 Å². The summed E-state index contributed by atoms with van der Waals surface area (Å²) < 4.78 is 16.2. The minimum Gasteiger partial charge on any atom is -0.349 e. The van der Waals surface area contributed by atoms with Gasteiger partial charge in [-0.2, -0.15) is 0 Å². The number of likely N-dealkylation sites (tertiary alicyclic amines) is 1. The van der Waals surface area contributed by atoms with Crippen molar-refractivity contribution in [3.63, 3.8) is 0 Å². The number of hydrogen-bond donors (Lipinski definition) is 2. The average molecular weight is 643 g/mol. The molecule has 1 saturated heterocycles. The predicted molar refractivity (Wildman–Crippen MR) is 176 cm³/mol. The lowest BCUT2D eigenvalue weighted by Gasteiger charge is -2.56. The standard InChI is InChI=1S/C36H46Cl2FN3O2/c1-4-42-32(33(44)41-35-18-15-34(16-19-35,17-20-35)23(2)3)29(26-9-8-10-27(38)31(26)39)30(36(42)13-6-5-7-14-36)25-12-11-24(37)21-28(25)40-22-43/h8-12,21-23,29-30,32H,4-7,13-20H2,1-3H3,(H,40,43)(H,41,44)/t29-,30?,32?,34?,35?/m1/s1. The van der Waals surface area contributed by atoms with E-state index in [-0.39, 0.29) is 22.4 Å². The highest BCUT2D eigenvalue weighted by Crippen LogP contribution is 2.61. The molecule has 8 heteroatoms. The molecule has 2 unspecified atom stereocenters. The van der Waals surface area contributed by atoms with Crippen LogP contribution < -0.4 is 10.6 Å². The SMILES string of the molecule is CCN1C(C(=O)NC23CCC(C(C)C)(CC2)CC3)[C@H](c2cccc(Cl)c2F)C(c2ccc(Cl)cc2NC=O)C12CCCCC2. The van der Waals surface area contributed by atoms with Crippen molar-refractivity contribution in [3.05, 3.63) is 63.4 Å². The fourth-order valence-corrected chi connectivity index (χ4v) is 10.3. The van der Waals surface area contributed by atoms with Crippen molar-refractivity contribution in [2.24, 2.45) is 11.3 Å². The molecule has 2 aromatic carbocycles. The van der Waals surface area contributed by atoms with Gasteiger partial charge in [0.15, 0.2) is 0 Å². The van der Waals surface area contributed by atoms with E-state index in [2.05, 4.69) is 36.3 Å². The Labute approximate surface area is 271 Å². The lowest BCUT2D eigenvalue weighted by molar-refractivity contribution is -0.132. The number of likely N-dealkylation sites (N-methyl/N-ethyl adjacent to an activating group) is 1. The second-order valence-electron chi connectivity index (χ2n) is 14.3. The van der Waals surface area contributed by atoms with Crippen molar-refractivity contribution < 1.29 is 14.0 Å². The Kier molecular flexibility index (Phi) is 8.84. The van der Waals surface area contributed by atoms with Crippen LogP contribution in [-0.2, 0) is 9.59 Å². The van der Waals surface area contributed by atoms with Gasteiger partial charge in [0.25, 0.3) is 0 Å². The van der Waals surface area contributed by atoms with Crippen molar-refractivity contribution in [2.75, 3.05) is 11.9 Å². The smallest absolute Gasteiger partial charge is 0.238 e. The first kappa shape index (κ1) is 31.8. The highest BCUT2D eigenvalue weighted by atomic mass is 35.5. The zero-order valence-electron chi connectivity index (χ0n) is 26.2. The molecule has 5 aliphatic rings. The summed E-state index contributed by atoms with van der Waals surface area (Å²) >= 11 is 12.9. The van der Waals surface area contributed by atoms with Gasteiger partial charge in [-0.1, -0.05) is 81.4 Å². The quantitative estimate of drug-likeness (QED) is 0.283. The van der Waals surface area contributed by atoms with Gasteiger partial charge in [0.05, 0.1) is 11.1 Å². The highest BCUT2D eigenvalue weighted by Gasteiger charge is 2.62. The molecular weight excluding hydrogens is 596 g/mol. The molecule has 0 aromatic heterocycles. The van der Waals surface area contributed by atoms with E-state index in [1.165, 1.54) is 0 Å². The molecule has 2 amide bonds. The van der Waals surface area contributed by atoms with Gasteiger partial charge in [0.1, 0.15) is 5.82 Å². The van der Waals surface area contributed by atoms with Gasteiger partial charge in [-0.15, -0.1) is 0 Å². The van der Waals surface area contributed by atoms with E-state index in [0.29, 0.717) is 40.6 Å². The summed E-state index contributed by atoms with van der Waals surface area (Å²) in [5, 5.41) is 7.08. The number of nitrogens with one attached hydrogen (secondary N) is 2. The summed E-state index contributed by atoms with van der Waals surface area (Å²) in [5.41, 5.74) is 1.72. The Morgan fingerprint density at radius 2 is 1.68 bits per heavy atom. The number of benzene rings is 2. The molecule has 4 aliphatic carbocycles. The Morgan fingerprint density at radius 3 is 2.30 bits per heavy atom. The van der Waals surface area contributed by atoms with E-state index in [9.17, 15) is 9.59 Å². The molecule has 238 valence electrons. The second-order valence-corrected chi connectivity index (χ2v) is 15.2. The number of carbonyl (C=O) groups excluding carboxylic acids is 2. The summed E-state index contributed by atoms with van der Waals surface area (Å²) in [6, 6.07) is 10.1. The first-order chi connectivity index (χ1) is 21.1. The number of fused-ring (bicyclic) bond motifs is 3. The molecule has 2 N–H and O–H groups in total. The summed E-state index contributed by atoms with van der Waals surface area (Å²) in [6.07, 6.45) is 12.0. The summed E-state index contributed by atoms with van der Waals surface area (Å²) in [5.74, 6) is -0.632. The Hall–Kier alpha value is -2.15. The van der Waals surface area contributed by atoms with Crippen LogP contribution in [-0.4, -0.2) is 40.9 Å². The van der Waals surface area contributed by atoms with Gasteiger partial charge in [-0.05, 0) is 98.6 Å². The molecule has 1 spiro atoms. The maximum atomic E-state index is 16.2. The van der Waals surface area contributed by atoms with Gasteiger partial charge in [-0.3, -0.25) is 14.5 Å². The van der Waals surface area contributed by atoms with E-state index in [1.807, 2.05) is 12.1 Å². The minimum atomic E-state index is -0.594. The van der Waals surface area contributed by atoms with Crippen LogP contribution in [0.3, 0.4) is 0 Å². The largest absolute Gasteiger partial charge is 0.349 e. The molecule has 0 radical (unpaired) electrons. The third-order valence-electron chi connectivity index (χ3n) is 12.3. The first-order valence-electron chi connectivity index (χ1n) is 16.6. The lowest BCUT2D eigenvalue weighted by Crippen LogP contribution is -2.62. The minimum absolute atomic E-state index is 0.0125. The molecule has 5 fully saturated rings. The van der Waals surface area contributed by atoms with E-state index >= 15 is 4.39 Å². The summed E-state index contributed by atoms with van der Waals surface area (Å²) in [4.78, 5) is 29.1. The average Bonchev–Trinajstić information content (AvgIpc) is 3.28. The maximum absolute atomic E-state index is 16.2. The van der Waals surface area contributed by atoms with Crippen molar-refractivity contribution >= 4 is 41.2 Å². The molecule has 3 atom stereocenters. The van der Waals surface area contributed by atoms with E-state index in [0.717, 1.165) is 76.2 Å². The number of amides is 2. The number of rotatable bonds is 8. The van der Waals surface area contributed by atoms with E-state index < -0.39 is 23.3 Å². The molecule has 44 heavy (non-hydrogen) atoms. The molecule has 7 rings (SSSR count). The summed E-state index contributed by atoms with van der Waals surface area (Å²) in [7, 11) is 0. The molecule has 4 saturated carbocycles. The lowest BCUT2D eigenvalue weighted by atomic mass is 9.53. The van der Waals surface area contributed by atoms with Crippen LogP contribution >= 0.6 is 23.2 Å². The fourth-order valence-electron chi connectivity index (χ4n) is 9.95. The number of carbonyl (C=O) groups is 2. The van der Waals surface area contributed by atoms with Gasteiger partial charge >= 0.3 is 0 Å². The molecule has 5 nitrogen and oxygen atoms in total. The van der Waals surface area contributed by atoms with Crippen LogP contribution in [0.25, 0.3) is 0 Å². The number of anilines is 1. The zero-order valence-corrected chi connectivity index (χ0v) is 27.7. The fraction of sp³-hybridized carbons (Fsp3) is 0.611. The van der Waals surface area contributed by atoms with E-state index in [4.69, 9.17) is 23.2 Å². The van der Waals surface area contributed by atoms with Crippen molar-refractivity contribution in [1.82, 2.24) is 10.2 Å². The van der Waals surface area contributed by atoms with Crippen LogP contribution in [0.4, 0.5) is 10.1 Å². The third-order valence-corrected chi connectivity index (χ3v) is 12.9. The monoisotopic (exact) mass is 641 g/mol. The van der Waals surface area contributed by atoms with Crippen molar-refractivity contribution in [2.45, 2.75) is 120 Å². The Balaban J connectivity index is 1.50. The van der Waals surface area contributed by atoms with Crippen molar-refractivity contribution in [1.29, 1.82) is 0 Å². The van der Waals surface area contributed by atoms with Crippen LogP contribution in [0, 0.1) is 17.2 Å². The van der Waals surface area contributed by atoms with Crippen LogP contribution in [0.5, 0.6) is 0 Å². The Bertz CT molecular complexity index is 1380.